The van der Waals surface area contributed by atoms with Gasteiger partial charge in [0.1, 0.15) is 0 Å². The summed E-state index contributed by atoms with van der Waals surface area (Å²) in [5.41, 5.74) is 0.0247. The lowest BCUT2D eigenvalue weighted by Crippen LogP contribution is -2.44. The Bertz CT molecular complexity index is 440. The van der Waals surface area contributed by atoms with Crippen LogP contribution >= 0.6 is 0 Å². The molecular formula is C13H20N2O3. The third kappa shape index (κ3) is 4.00. The standard InChI is InChI=1S/C13H20N2O3/c1-13(2,3)10(6-7-16)15-12(18)9-4-5-11(17)14-8-9/h4-5,8,10,16H,6-7H2,1-3H3,(H,14,17)(H,15,18). The van der Waals surface area contributed by atoms with E-state index >= 15 is 0 Å². The molecule has 0 spiro atoms. The number of amides is 1. The fraction of sp³-hybridized carbons (Fsp3) is 0.538. The number of carbonyl (C=O) groups is 1. The molecule has 0 aliphatic carbocycles. The molecule has 5 nitrogen and oxygen atoms in total. The van der Waals surface area contributed by atoms with Gasteiger partial charge in [0.25, 0.3) is 5.91 Å². The van der Waals surface area contributed by atoms with Crippen LogP contribution in [0.15, 0.2) is 23.1 Å². The number of aliphatic hydroxyl groups excluding tert-OH is 1. The maximum absolute atomic E-state index is 12.0. The minimum atomic E-state index is -0.250. The van der Waals surface area contributed by atoms with Gasteiger partial charge in [-0.25, -0.2) is 0 Å². The third-order valence-electron chi connectivity index (χ3n) is 2.81. The Balaban J connectivity index is 2.78. The summed E-state index contributed by atoms with van der Waals surface area (Å²) < 4.78 is 0. The SMILES string of the molecule is CC(C)(C)C(CCO)NC(=O)c1ccc(=O)[nH]c1. The van der Waals surface area contributed by atoms with Gasteiger partial charge in [-0.1, -0.05) is 20.8 Å². The van der Waals surface area contributed by atoms with Crippen molar-refractivity contribution in [1.29, 1.82) is 0 Å². The third-order valence-corrected chi connectivity index (χ3v) is 2.81. The van der Waals surface area contributed by atoms with Crippen molar-refractivity contribution < 1.29 is 9.90 Å². The van der Waals surface area contributed by atoms with Crippen LogP contribution in [0, 0.1) is 5.41 Å². The van der Waals surface area contributed by atoms with Crippen molar-refractivity contribution in [3.63, 3.8) is 0 Å². The van der Waals surface area contributed by atoms with Crippen LogP contribution in [0.5, 0.6) is 0 Å². The zero-order valence-corrected chi connectivity index (χ0v) is 11.0. The zero-order valence-electron chi connectivity index (χ0n) is 11.0. The second-order valence-electron chi connectivity index (χ2n) is 5.35. The first-order valence-corrected chi connectivity index (χ1v) is 5.95. The van der Waals surface area contributed by atoms with E-state index in [0.29, 0.717) is 12.0 Å². The molecule has 0 aromatic carbocycles. The van der Waals surface area contributed by atoms with Gasteiger partial charge in [0, 0.05) is 24.9 Å². The van der Waals surface area contributed by atoms with Crippen molar-refractivity contribution in [1.82, 2.24) is 10.3 Å². The summed E-state index contributed by atoms with van der Waals surface area (Å²) in [6.45, 7) is 6.02. The largest absolute Gasteiger partial charge is 0.396 e. The lowest BCUT2D eigenvalue weighted by atomic mass is 9.85. The van der Waals surface area contributed by atoms with E-state index in [0.717, 1.165) is 0 Å². The highest BCUT2D eigenvalue weighted by Crippen LogP contribution is 2.21. The van der Waals surface area contributed by atoms with E-state index in [1.165, 1.54) is 18.3 Å². The van der Waals surface area contributed by atoms with Gasteiger partial charge in [-0.3, -0.25) is 9.59 Å². The molecule has 5 heteroatoms. The Morgan fingerprint density at radius 1 is 1.44 bits per heavy atom. The predicted octanol–water partition coefficient (Wildman–Crippen LogP) is 0.902. The van der Waals surface area contributed by atoms with Crippen LogP contribution in [-0.2, 0) is 0 Å². The molecule has 1 unspecified atom stereocenters. The van der Waals surface area contributed by atoms with Crippen molar-refractivity contribution in [2.45, 2.75) is 33.2 Å². The Morgan fingerprint density at radius 2 is 2.11 bits per heavy atom. The minimum Gasteiger partial charge on any atom is -0.396 e. The van der Waals surface area contributed by atoms with E-state index in [9.17, 15) is 9.59 Å². The molecule has 0 aliphatic heterocycles. The van der Waals surface area contributed by atoms with Gasteiger partial charge in [-0.15, -0.1) is 0 Å². The molecule has 1 aromatic rings. The lowest BCUT2D eigenvalue weighted by Gasteiger charge is -2.31. The van der Waals surface area contributed by atoms with Crippen molar-refractivity contribution in [2.24, 2.45) is 5.41 Å². The van der Waals surface area contributed by atoms with E-state index in [2.05, 4.69) is 10.3 Å². The molecule has 1 amide bonds. The summed E-state index contributed by atoms with van der Waals surface area (Å²) >= 11 is 0. The number of aromatic nitrogens is 1. The number of nitrogens with one attached hydrogen (secondary N) is 2. The average Bonchev–Trinajstić information content (AvgIpc) is 2.28. The molecule has 0 saturated heterocycles. The van der Waals surface area contributed by atoms with Crippen LogP contribution in [-0.4, -0.2) is 28.6 Å². The minimum absolute atomic E-state index is 0.0217. The molecule has 0 fully saturated rings. The summed E-state index contributed by atoms with van der Waals surface area (Å²) in [7, 11) is 0. The number of rotatable bonds is 4. The fourth-order valence-electron chi connectivity index (χ4n) is 1.64. The Labute approximate surface area is 106 Å². The molecule has 1 aromatic heterocycles. The number of pyridine rings is 1. The topological polar surface area (TPSA) is 82.2 Å². The van der Waals surface area contributed by atoms with Crippen molar-refractivity contribution in [3.05, 3.63) is 34.2 Å². The van der Waals surface area contributed by atoms with Crippen molar-refractivity contribution >= 4 is 5.91 Å². The van der Waals surface area contributed by atoms with Crippen LogP contribution in [0.4, 0.5) is 0 Å². The smallest absolute Gasteiger partial charge is 0.252 e. The number of hydrogen-bond donors (Lipinski definition) is 3. The van der Waals surface area contributed by atoms with E-state index in [4.69, 9.17) is 5.11 Å². The molecule has 0 radical (unpaired) electrons. The molecular weight excluding hydrogens is 232 g/mol. The number of H-pyrrole nitrogens is 1. The maximum Gasteiger partial charge on any atom is 0.252 e. The van der Waals surface area contributed by atoms with Gasteiger partial charge in [0.15, 0.2) is 0 Å². The van der Waals surface area contributed by atoms with Crippen LogP contribution in [0.2, 0.25) is 0 Å². The predicted molar refractivity (Wildman–Crippen MR) is 69.5 cm³/mol. The van der Waals surface area contributed by atoms with Crippen LogP contribution < -0.4 is 10.9 Å². The van der Waals surface area contributed by atoms with Gasteiger partial charge in [-0.05, 0) is 17.9 Å². The normalized spacial score (nSPS) is 13.1. The molecule has 1 rings (SSSR count). The number of carbonyl (C=O) groups excluding carboxylic acids is 1. The molecule has 0 bridgehead atoms. The van der Waals surface area contributed by atoms with E-state index in [1.807, 2.05) is 20.8 Å². The second kappa shape index (κ2) is 5.82. The first-order valence-electron chi connectivity index (χ1n) is 5.95. The highest BCUT2D eigenvalue weighted by Gasteiger charge is 2.25. The molecule has 1 heterocycles. The van der Waals surface area contributed by atoms with Gasteiger partial charge >= 0.3 is 0 Å². The van der Waals surface area contributed by atoms with E-state index < -0.39 is 0 Å². The molecule has 100 valence electrons. The first-order chi connectivity index (χ1) is 8.34. The monoisotopic (exact) mass is 252 g/mol. The molecule has 18 heavy (non-hydrogen) atoms. The molecule has 0 aliphatic rings. The van der Waals surface area contributed by atoms with E-state index in [1.54, 1.807) is 0 Å². The van der Waals surface area contributed by atoms with Gasteiger partial charge in [0.05, 0.1) is 5.56 Å². The highest BCUT2D eigenvalue weighted by molar-refractivity contribution is 5.94. The molecule has 1 atom stereocenters. The Morgan fingerprint density at radius 3 is 2.56 bits per heavy atom. The van der Waals surface area contributed by atoms with Gasteiger partial charge < -0.3 is 15.4 Å². The summed E-state index contributed by atoms with van der Waals surface area (Å²) in [5, 5.41) is 11.9. The second-order valence-corrected chi connectivity index (χ2v) is 5.35. The van der Waals surface area contributed by atoms with Crippen LogP contribution in [0.3, 0.4) is 0 Å². The fourth-order valence-corrected chi connectivity index (χ4v) is 1.64. The quantitative estimate of drug-likeness (QED) is 0.744. The first kappa shape index (κ1) is 14.4. The van der Waals surface area contributed by atoms with E-state index in [-0.39, 0.29) is 29.5 Å². The van der Waals surface area contributed by atoms with Crippen LogP contribution in [0.25, 0.3) is 0 Å². The zero-order chi connectivity index (χ0) is 13.8. The van der Waals surface area contributed by atoms with Gasteiger partial charge in [-0.2, -0.15) is 0 Å². The molecule has 3 N–H and O–H groups in total. The summed E-state index contributed by atoms with van der Waals surface area (Å²) in [6.07, 6.45) is 1.88. The average molecular weight is 252 g/mol. The Kier molecular flexibility index (Phi) is 4.67. The van der Waals surface area contributed by atoms with Crippen molar-refractivity contribution in [2.75, 3.05) is 6.61 Å². The number of aromatic amines is 1. The lowest BCUT2D eigenvalue weighted by molar-refractivity contribution is 0.0885. The number of aliphatic hydroxyl groups is 1. The summed E-state index contributed by atoms with van der Waals surface area (Å²) in [5.74, 6) is -0.250. The molecule has 0 saturated carbocycles. The van der Waals surface area contributed by atoms with Crippen LogP contribution in [0.1, 0.15) is 37.6 Å². The summed E-state index contributed by atoms with van der Waals surface area (Å²) in [6, 6.07) is 2.67. The highest BCUT2D eigenvalue weighted by atomic mass is 16.3. The number of hydrogen-bond acceptors (Lipinski definition) is 3. The summed E-state index contributed by atoms with van der Waals surface area (Å²) in [4.78, 5) is 25.3. The van der Waals surface area contributed by atoms with Crippen molar-refractivity contribution in [3.8, 4) is 0 Å². The van der Waals surface area contributed by atoms with Gasteiger partial charge in [0.2, 0.25) is 5.56 Å². The Hall–Kier alpha value is -1.62. The maximum atomic E-state index is 12.0.